The van der Waals surface area contributed by atoms with Gasteiger partial charge in [0.25, 0.3) is 5.54 Å². The van der Waals surface area contributed by atoms with Crippen LogP contribution in [0, 0.1) is 15.5 Å². The summed E-state index contributed by atoms with van der Waals surface area (Å²) in [6.45, 7) is 5.88. The van der Waals surface area contributed by atoms with Gasteiger partial charge < -0.3 is 0 Å². The van der Waals surface area contributed by atoms with Crippen molar-refractivity contribution in [2.75, 3.05) is 5.32 Å². The molecule has 0 saturated carbocycles. The number of hydrogen-bond acceptors (Lipinski definition) is 5. The maximum absolute atomic E-state index is 14.0. The molecule has 8 nitrogen and oxygen atoms in total. The fourth-order valence-electron chi connectivity index (χ4n) is 6.38. The molecule has 0 fully saturated rings. The van der Waals surface area contributed by atoms with Crippen molar-refractivity contribution in [1.82, 2.24) is 15.2 Å². The van der Waals surface area contributed by atoms with Crippen LogP contribution >= 0.6 is 0 Å². The first kappa shape index (κ1) is 23.1. The Morgan fingerprint density at radius 2 is 1.57 bits per heavy atom. The molecule has 3 aliphatic rings. The fourth-order valence-corrected chi connectivity index (χ4v) is 6.38. The molecule has 7 rings (SSSR count). The van der Waals surface area contributed by atoms with Gasteiger partial charge in [0, 0.05) is 33.8 Å². The minimum Gasteiger partial charge on any atom is -0.293 e. The van der Waals surface area contributed by atoms with E-state index in [0.29, 0.717) is 17.0 Å². The maximum atomic E-state index is 14.0. The van der Waals surface area contributed by atoms with Gasteiger partial charge in [0.1, 0.15) is 5.82 Å². The standard InChI is InChI=1S/C29H27N5O3/c1-27(2,18-11-5-4-6-12-18)24-30-26(33-32-24)31-25(35)28(3)17-29(34(36)37)21-15-9-7-13-19(21)23(28)20-14-8-10-16-22(20)29/h4-16,23H,17H2,1-3H3,(H2,30,31,32,33,35)/t23?,28-,29?/m0/s1. The van der Waals surface area contributed by atoms with E-state index in [9.17, 15) is 14.9 Å². The summed E-state index contributed by atoms with van der Waals surface area (Å²) in [7, 11) is 0. The predicted molar refractivity (Wildman–Crippen MR) is 139 cm³/mol. The zero-order chi connectivity index (χ0) is 26.0. The number of anilines is 1. The van der Waals surface area contributed by atoms with Crippen LogP contribution in [0.15, 0.2) is 78.9 Å². The number of carbonyl (C=O) groups is 1. The molecule has 0 spiro atoms. The van der Waals surface area contributed by atoms with Crippen LogP contribution in [0.25, 0.3) is 0 Å². The van der Waals surface area contributed by atoms with Crippen LogP contribution in [0.4, 0.5) is 5.95 Å². The lowest BCUT2D eigenvalue weighted by atomic mass is 9.49. The first-order chi connectivity index (χ1) is 17.7. The highest BCUT2D eigenvalue weighted by Crippen LogP contribution is 2.63. The number of rotatable bonds is 5. The van der Waals surface area contributed by atoms with Gasteiger partial charge in [-0.15, -0.1) is 5.10 Å². The fraction of sp³-hybridized carbons (Fsp3) is 0.276. The molecule has 1 heterocycles. The van der Waals surface area contributed by atoms with Crippen LogP contribution in [-0.4, -0.2) is 26.0 Å². The summed E-state index contributed by atoms with van der Waals surface area (Å²) in [6, 6.07) is 24.8. The van der Waals surface area contributed by atoms with Crippen molar-refractivity contribution in [3.63, 3.8) is 0 Å². The van der Waals surface area contributed by atoms with E-state index in [2.05, 4.69) is 20.5 Å². The SMILES string of the molecule is CC(C)(c1ccccc1)c1nc(NC(=O)[C@@]2(C)CC3([N+](=O)[O-])c4ccccc4C2c2ccccc23)n[nH]1. The van der Waals surface area contributed by atoms with Gasteiger partial charge in [0.05, 0.1) is 5.41 Å². The number of nitro groups is 1. The number of hydrogen-bond donors (Lipinski definition) is 2. The molecular formula is C29H27N5O3. The third kappa shape index (κ3) is 3.11. The molecule has 2 bridgehead atoms. The van der Waals surface area contributed by atoms with E-state index >= 15 is 0 Å². The van der Waals surface area contributed by atoms with Gasteiger partial charge in [-0.1, -0.05) is 78.9 Å². The summed E-state index contributed by atoms with van der Waals surface area (Å²) < 4.78 is 0. The number of aromatic nitrogens is 3. The molecule has 3 aromatic carbocycles. The molecule has 1 atom stereocenters. The Kier molecular flexibility index (Phi) is 4.89. The summed E-state index contributed by atoms with van der Waals surface area (Å²) in [6.07, 6.45) is 0.0459. The van der Waals surface area contributed by atoms with Gasteiger partial charge in [-0.2, -0.15) is 4.98 Å². The van der Waals surface area contributed by atoms with E-state index in [1.807, 2.05) is 99.6 Å². The van der Waals surface area contributed by atoms with Crippen LogP contribution < -0.4 is 5.32 Å². The molecule has 0 saturated heterocycles. The smallest absolute Gasteiger partial charge is 0.273 e. The minimum atomic E-state index is -1.51. The summed E-state index contributed by atoms with van der Waals surface area (Å²) >= 11 is 0. The van der Waals surface area contributed by atoms with E-state index in [0.717, 1.165) is 16.7 Å². The van der Waals surface area contributed by atoms with Crippen molar-refractivity contribution in [2.45, 2.75) is 44.1 Å². The van der Waals surface area contributed by atoms with Gasteiger partial charge in [0.15, 0.2) is 0 Å². The van der Waals surface area contributed by atoms with E-state index in [-0.39, 0.29) is 29.1 Å². The lowest BCUT2D eigenvalue weighted by Gasteiger charge is -2.52. The maximum Gasteiger partial charge on any atom is 0.273 e. The first-order valence-electron chi connectivity index (χ1n) is 12.3. The molecule has 186 valence electrons. The third-order valence-electron chi connectivity index (χ3n) is 8.32. The molecule has 37 heavy (non-hydrogen) atoms. The number of nitrogens with one attached hydrogen (secondary N) is 2. The molecular weight excluding hydrogens is 466 g/mol. The Hall–Kier alpha value is -4.33. The Bertz CT molecular complexity index is 1500. The second-order valence-electron chi connectivity index (χ2n) is 10.8. The highest BCUT2D eigenvalue weighted by Gasteiger charge is 2.67. The molecule has 0 aliphatic heterocycles. The van der Waals surface area contributed by atoms with Crippen molar-refractivity contribution in [1.29, 1.82) is 0 Å². The zero-order valence-electron chi connectivity index (χ0n) is 20.9. The number of amides is 1. The Morgan fingerprint density at radius 1 is 1.00 bits per heavy atom. The Labute approximate surface area is 214 Å². The van der Waals surface area contributed by atoms with E-state index < -0.39 is 16.4 Å². The number of aromatic amines is 1. The molecule has 8 heteroatoms. The molecule has 3 aliphatic carbocycles. The topological polar surface area (TPSA) is 114 Å². The quantitative estimate of drug-likeness (QED) is 0.295. The predicted octanol–water partition coefficient (Wildman–Crippen LogP) is 5.14. The monoisotopic (exact) mass is 493 g/mol. The zero-order valence-corrected chi connectivity index (χ0v) is 20.9. The minimum absolute atomic E-state index is 0.0459. The molecule has 0 unspecified atom stereocenters. The molecule has 2 N–H and O–H groups in total. The van der Waals surface area contributed by atoms with Gasteiger partial charge in [0.2, 0.25) is 11.9 Å². The van der Waals surface area contributed by atoms with Crippen LogP contribution in [0.2, 0.25) is 0 Å². The normalized spacial score (nSPS) is 23.7. The summed E-state index contributed by atoms with van der Waals surface area (Å²) in [5.74, 6) is 0.0990. The van der Waals surface area contributed by atoms with E-state index in [4.69, 9.17) is 0 Å². The number of fused-ring (bicyclic) bond motifs is 1. The average molecular weight is 494 g/mol. The third-order valence-corrected chi connectivity index (χ3v) is 8.32. The Balaban J connectivity index is 1.40. The van der Waals surface area contributed by atoms with Gasteiger partial charge >= 0.3 is 0 Å². The largest absolute Gasteiger partial charge is 0.293 e. The first-order valence-corrected chi connectivity index (χ1v) is 12.3. The van der Waals surface area contributed by atoms with Crippen molar-refractivity contribution >= 4 is 11.9 Å². The summed E-state index contributed by atoms with van der Waals surface area (Å²) in [4.78, 5) is 31.2. The number of benzene rings is 3. The Morgan fingerprint density at radius 3 is 2.16 bits per heavy atom. The van der Waals surface area contributed by atoms with Crippen molar-refractivity contribution in [3.05, 3.63) is 123 Å². The van der Waals surface area contributed by atoms with Crippen molar-refractivity contribution in [2.24, 2.45) is 5.41 Å². The van der Waals surface area contributed by atoms with Crippen LogP contribution in [0.1, 0.15) is 66.8 Å². The van der Waals surface area contributed by atoms with E-state index in [1.54, 1.807) is 0 Å². The average Bonchev–Trinajstić information content (AvgIpc) is 3.38. The van der Waals surface area contributed by atoms with Gasteiger partial charge in [-0.05, 0) is 37.5 Å². The summed E-state index contributed by atoms with van der Waals surface area (Å²) in [5.41, 5.74) is 0.974. The lowest BCUT2D eigenvalue weighted by molar-refractivity contribution is -0.573. The molecule has 0 radical (unpaired) electrons. The highest BCUT2D eigenvalue weighted by molar-refractivity contribution is 5.96. The molecule has 1 amide bonds. The van der Waals surface area contributed by atoms with Crippen LogP contribution in [0.3, 0.4) is 0 Å². The van der Waals surface area contributed by atoms with Gasteiger partial charge in [-0.25, -0.2) is 0 Å². The van der Waals surface area contributed by atoms with Gasteiger partial charge in [-0.3, -0.25) is 25.3 Å². The number of carbonyl (C=O) groups excluding carboxylic acids is 1. The van der Waals surface area contributed by atoms with Crippen LogP contribution in [0.5, 0.6) is 0 Å². The molecule has 1 aromatic heterocycles. The van der Waals surface area contributed by atoms with E-state index in [1.165, 1.54) is 0 Å². The highest BCUT2D eigenvalue weighted by atomic mass is 16.6. The summed E-state index contributed by atoms with van der Waals surface area (Å²) in [5, 5.41) is 22.9. The second-order valence-corrected chi connectivity index (χ2v) is 10.8. The lowest BCUT2D eigenvalue weighted by Crippen LogP contribution is -2.57. The van der Waals surface area contributed by atoms with Crippen molar-refractivity contribution < 1.29 is 9.72 Å². The number of nitrogens with zero attached hydrogens (tertiary/aromatic N) is 3. The molecule has 4 aromatic rings. The van der Waals surface area contributed by atoms with Crippen LogP contribution in [-0.2, 0) is 15.7 Å². The second kappa shape index (κ2) is 7.83. The van der Waals surface area contributed by atoms with Crippen molar-refractivity contribution in [3.8, 4) is 0 Å². The number of H-pyrrole nitrogens is 1.